The van der Waals surface area contributed by atoms with Crippen LogP contribution in [0.5, 0.6) is 0 Å². The molecule has 3 unspecified atom stereocenters. The highest BCUT2D eigenvalue weighted by Crippen LogP contribution is 2.23. The van der Waals surface area contributed by atoms with Gasteiger partial charge in [0, 0.05) is 5.92 Å². The van der Waals surface area contributed by atoms with Crippen LogP contribution in [-0.2, 0) is 0 Å². The third-order valence-corrected chi connectivity index (χ3v) is 2.91. The van der Waals surface area contributed by atoms with E-state index in [0.29, 0.717) is 11.8 Å². The Bertz CT molecular complexity index is 202. The minimum atomic E-state index is 0.237. The lowest BCUT2D eigenvalue weighted by molar-refractivity contribution is 0.365. The summed E-state index contributed by atoms with van der Waals surface area (Å²) in [5.41, 5.74) is 0. The summed E-state index contributed by atoms with van der Waals surface area (Å²) >= 11 is 0. The Labute approximate surface area is 95.2 Å². The molecule has 0 saturated heterocycles. The maximum absolute atomic E-state index is 9.08. The Morgan fingerprint density at radius 2 is 1.87 bits per heavy atom. The molecule has 15 heavy (non-hydrogen) atoms. The summed E-state index contributed by atoms with van der Waals surface area (Å²) in [5.74, 6) is 1.53. The van der Waals surface area contributed by atoms with Crippen LogP contribution in [0.1, 0.15) is 52.9 Å². The predicted molar refractivity (Wildman–Crippen MR) is 66.4 cm³/mol. The number of nitriles is 1. The fraction of sp³-hybridized carbons (Fsp3) is 0.786. The molecule has 0 heterocycles. The SMILES string of the molecule is C=CCC(C)CC(C#N)CC(C)CCC. The van der Waals surface area contributed by atoms with Crippen LogP contribution in [-0.4, -0.2) is 0 Å². The molecule has 0 aliphatic carbocycles. The number of rotatable bonds is 8. The summed E-state index contributed by atoms with van der Waals surface area (Å²) in [7, 11) is 0. The van der Waals surface area contributed by atoms with Crippen molar-refractivity contribution >= 4 is 0 Å². The highest BCUT2D eigenvalue weighted by atomic mass is 14.3. The third-order valence-electron chi connectivity index (χ3n) is 2.91. The lowest BCUT2D eigenvalue weighted by atomic mass is 9.86. The smallest absolute Gasteiger partial charge is 0.0655 e. The highest BCUT2D eigenvalue weighted by molar-refractivity contribution is 4.86. The average molecular weight is 207 g/mol. The minimum absolute atomic E-state index is 0.237. The number of hydrogen-bond donors (Lipinski definition) is 0. The van der Waals surface area contributed by atoms with E-state index in [4.69, 9.17) is 5.26 Å². The van der Waals surface area contributed by atoms with Gasteiger partial charge in [0.2, 0.25) is 0 Å². The van der Waals surface area contributed by atoms with Gasteiger partial charge in [-0.1, -0.05) is 39.7 Å². The molecule has 0 radical (unpaired) electrons. The third kappa shape index (κ3) is 7.19. The molecule has 0 fully saturated rings. The molecular weight excluding hydrogens is 182 g/mol. The molecule has 0 saturated carbocycles. The van der Waals surface area contributed by atoms with E-state index in [1.165, 1.54) is 12.8 Å². The number of hydrogen-bond acceptors (Lipinski definition) is 1. The second-order valence-electron chi connectivity index (χ2n) is 4.82. The quantitative estimate of drug-likeness (QED) is 0.535. The van der Waals surface area contributed by atoms with Gasteiger partial charge in [0.1, 0.15) is 0 Å². The molecule has 3 atom stereocenters. The van der Waals surface area contributed by atoms with E-state index in [0.717, 1.165) is 19.3 Å². The van der Waals surface area contributed by atoms with Crippen molar-refractivity contribution in [2.24, 2.45) is 17.8 Å². The first-order valence-electron chi connectivity index (χ1n) is 6.14. The molecule has 0 rings (SSSR count). The fourth-order valence-electron chi connectivity index (χ4n) is 2.16. The van der Waals surface area contributed by atoms with Gasteiger partial charge < -0.3 is 0 Å². The zero-order valence-corrected chi connectivity index (χ0v) is 10.5. The number of allylic oxidation sites excluding steroid dienone is 1. The van der Waals surface area contributed by atoms with E-state index in [1.807, 2.05) is 6.08 Å². The summed E-state index contributed by atoms with van der Waals surface area (Å²) in [6, 6.07) is 2.45. The topological polar surface area (TPSA) is 23.8 Å². The van der Waals surface area contributed by atoms with Crippen molar-refractivity contribution in [3.63, 3.8) is 0 Å². The second-order valence-corrected chi connectivity index (χ2v) is 4.82. The predicted octanol–water partition coefficient (Wildman–Crippen LogP) is 4.55. The van der Waals surface area contributed by atoms with E-state index >= 15 is 0 Å². The van der Waals surface area contributed by atoms with Crippen LogP contribution in [0.2, 0.25) is 0 Å². The first kappa shape index (κ1) is 14.2. The van der Waals surface area contributed by atoms with Crippen molar-refractivity contribution in [2.75, 3.05) is 0 Å². The van der Waals surface area contributed by atoms with Crippen molar-refractivity contribution < 1.29 is 0 Å². The van der Waals surface area contributed by atoms with Crippen LogP contribution in [0, 0.1) is 29.1 Å². The highest BCUT2D eigenvalue weighted by Gasteiger charge is 2.14. The van der Waals surface area contributed by atoms with Gasteiger partial charge in [0.15, 0.2) is 0 Å². The first-order valence-corrected chi connectivity index (χ1v) is 6.14. The van der Waals surface area contributed by atoms with Gasteiger partial charge in [-0.25, -0.2) is 0 Å². The van der Waals surface area contributed by atoms with E-state index in [9.17, 15) is 0 Å². The van der Waals surface area contributed by atoms with Crippen LogP contribution < -0.4 is 0 Å². The summed E-state index contributed by atoms with van der Waals surface area (Å²) in [4.78, 5) is 0. The molecule has 0 aliphatic rings. The molecular formula is C14H25N. The summed E-state index contributed by atoms with van der Waals surface area (Å²) in [6.07, 6.45) is 7.53. The monoisotopic (exact) mass is 207 g/mol. The Morgan fingerprint density at radius 3 is 2.33 bits per heavy atom. The summed E-state index contributed by atoms with van der Waals surface area (Å²) in [6.45, 7) is 10.4. The van der Waals surface area contributed by atoms with Gasteiger partial charge in [-0.15, -0.1) is 6.58 Å². The standard InChI is InChI=1S/C14H25N/c1-5-7-12(3)9-14(11-15)10-13(4)8-6-2/h5,12-14H,1,6-10H2,2-4H3. The van der Waals surface area contributed by atoms with E-state index in [1.54, 1.807) is 0 Å². The molecule has 0 aromatic rings. The van der Waals surface area contributed by atoms with Gasteiger partial charge in [-0.3, -0.25) is 0 Å². The van der Waals surface area contributed by atoms with Gasteiger partial charge in [-0.05, 0) is 31.1 Å². The zero-order valence-electron chi connectivity index (χ0n) is 10.5. The van der Waals surface area contributed by atoms with E-state index in [2.05, 4.69) is 33.4 Å². The minimum Gasteiger partial charge on any atom is -0.198 e. The molecule has 0 bridgehead atoms. The van der Waals surface area contributed by atoms with Gasteiger partial charge >= 0.3 is 0 Å². The van der Waals surface area contributed by atoms with Crippen LogP contribution >= 0.6 is 0 Å². The van der Waals surface area contributed by atoms with Crippen LogP contribution in [0.25, 0.3) is 0 Å². The molecule has 0 N–H and O–H groups in total. The largest absolute Gasteiger partial charge is 0.198 e. The Balaban J connectivity index is 3.92. The van der Waals surface area contributed by atoms with Crippen molar-refractivity contribution in [1.29, 1.82) is 5.26 Å². The van der Waals surface area contributed by atoms with Crippen molar-refractivity contribution in [1.82, 2.24) is 0 Å². The first-order chi connectivity index (χ1) is 7.13. The Hall–Kier alpha value is -0.770. The van der Waals surface area contributed by atoms with E-state index in [-0.39, 0.29) is 5.92 Å². The molecule has 86 valence electrons. The van der Waals surface area contributed by atoms with Crippen molar-refractivity contribution in [3.05, 3.63) is 12.7 Å². The maximum Gasteiger partial charge on any atom is 0.0655 e. The summed E-state index contributed by atoms with van der Waals surface area (Å²) in [5, 5.41) is 9.08. The molecule has 0 spiro atoms. The molecule has 1 nitrogen and oxygen atoms in total. The molecule has 0 aromatic carbocycles. The zero-order chi connectivity index (χ0) is 11.7. The molecule has 1 heteroatoms. The summed E-state index contributed by atoms with van der Waals surface area (Å²) < 4.78 is 0. The van der Waals surface area contributed by atoms with Gasteiger partial charge in [0.05, 0.1) is 6.07 Å². The second kappa shape index (κ2) is 8.53. The van der Waals surface area contributed by atoms with Gasteiger partial charge in [0.25, 0.3) is 0 Å². The lowest BCUT2D eigenvalue weighted by Crippen LogP contribution is -2.08. The Morgan fingerprint density at radius 1 is 1.27 bits per heavy atom. The number of nitrogens with zero attached hydrogens (tertiary/aromatic N) is 1. The van der Waals surface area contributed by atoms with E-state index < -0.39 is 0 Å². The van der Waals surface area contributed by atoms with Crippen molar-refractivity contribution in [3.8, 4) is 6.07 Å². The van der Waals surface area contributed by atoms with Crippen LogP contribution in [0.4, 0.5) is 0 Å². The van der Waals surface area contributed by atoms with Crippen LogP contribution in [0.15, 0.2) is 12.7 Å². The maximum atomic E-state index is 9.08. The molecule has 0 aromatic heterocycles. The normalized spacial score (nSPS) is 16.4. The van der Waals surface area contributed by atoms with Crippen molar-refractivity contribution in [2.45, 2.75) is 52.9 Å². The lowest BCUT2D eigenvalue weighted by Gasteiger charge is -2.17. The van der Waals surface area contributed by atoms with Gasteiger partial charge in [-0.2, -0.15) is 5.26 Å². The molecule has 0 amide bonds. The average Bonchev–Trinajstić information content (AvgIpc) is 2.17. The molecule has 0 aliphatic heterocycles. The fourth-order valence-corrected chi connectivity index (χ4v) is 2.16. The Kier molecular flexibility index (Phi) is 8.09. The van der Waals surface area contributed by atoms with Crippen LogP contribution in [0.3, 0.4) is 0 Å².